The van der Waals surface area contributed by atoms with Crippen molar-refractivity contribution in [1.82, 2.24) is 0 Å². The van der Waals surface area contributed by atoms with Crippen LogP contribution in [0.15, 0.2) is 48.5 Å². The number of hydrogen-bond acceptors (Lipinski definition) is 3. The number of amides is 2. The van der Waals surface area contributed by atoms with Crippen molar-refractivity contribution in [3.05, 3.63) is 59.7 Å². The molecule has 2 amide bonds. The van der Waals surface area contributed by atoms with E-state index in [4.69, 9.17) is 5.11 Å². The summed E-state index contributed by atoms with van der Waals surface area (Å²) in [5, 5.41) is 9.77. The molecule has 2 aromatic rings. The van der Waals surface area contributed by atoms with Gasteiger partial charge in [0.05, 0.1) is 6.61 Å². The number of alkyl halides is 1. The fourth-order valence-electron chi connectivity index (χ4n) is 3.70. The molecule has 2 fully saturated rings. The Morgan fingerprint density at radius 2 is 1.13 bits per heavy atom. The van der Waals surface area contributed by atoms with Gasteiger partial charge in [-0.15, -0.1) is 0 Å². The van der Waals surface area contributed by atoms with Gasteiger partial charge >= 0.3 is 0 Å². The second kappa shape index (κ2) is 11.3. The number of anilines is 2. The average Bonchev–Trinajstić information content (AvgIpc) is 2.80. The topological polar surface area (TPSA) is 60.9 Å². The first-order chi connectivity index (χ1) is 14.6. The predicted molar refractivity (Wildman–Crippen MR) is 124 cm³/mol. The molecule has 0 radical (unpaired) electrons. The Labute approximate surface area is 186 Å². The molecule has 2 heterocycles. The van der Waals surface area contributed by atoms with Crippen molar-refractivity contribution < 1.29 is 14.7 Å². The van der Waals surface area contributed by atoms with E-state index in [0.717, 1.165) is 61.0 Å². The summed E-state index contributed by atoms with van der Waals surface area (Å²) in [7, 11) is 0. The summed E-state index contributed by atoms with van der Waals surface area (Å²) in [6, 6.07) is 15.7. The highest BCUT2D eigenvalue weighted by Crippen LogP contribution is 2.22. The monoisotopic (exact) mass is 472 g/mol. The molecule has 30 heavy (non-hydrogen) atoms. The Morgan fingerprint density at radius 3 is 1.50 bits per heavy atom. The number of rotatable bonds is 4. The molecule has 6 heteroatoms. The van der Waals surface area contributed by atoms with Gasteiger partial charge < -0.3 is 14.9 Å². The number of nitrogens with zero attached hydrogens (tertiary/aromatic N) is 2. The van der Waals surface area contributed by atoms with Crippen molar-refractivity contribution in [2.45, 2.75) is 50.5 Å². The molecule has 2 aliphatic rings. The molecule has 2 aromatic carbocycles. The Balaban J connectivity index is 0.000000171. The van der Waals surface area contributed by atoms with Gasteiger partial charge in [-0.1, -0.05) is 40.2 Å². The van der Waals surface area contributed by atoms with Crippen LogP contribution in [-0.2, 0) is 21.5 Å². The third-order valence-electron chi connectivity index (χ3n) is 5.48. The zero-order chi connectivity index (χ0) is 21.3. The minimum absolute atomic E-state index is 0.0498. The minimum Gasteiger partial charge on any atom is -0.392 e. The highest BCUT2D eigenvalue weighted by atomic mass is 79.9. The van der Waals surface area contributed by atoms with Crippen LogP contribution in [0.3, 0.4) is 0 Å². The summed E-state index contributed by atoms with van der Waals surface area (Å²) >= 11 is 3.41. The number of benzene rings is 2. The van der Waals surface area contributed by atoms with E-state index >= 15 is 0 Å². The lowest BCUT2D eigenvalue weighted by atomic mass is 10.1. The Hall–Kier alpha value is -2.18. The number of piperidine rings is 2. The maximum Gasteiger partial charge on any atom is 0.226 e. The fourth-order valence-corrected chi connectivity index (χ4v) is 4.08. The quantitative estimate of drug-likeness (QED) is 0.650. The van der Waals surface area contributed by atoms with Crippen LogP contribution in [0.25, 0.3) is 0 Å². The van der Waals surface area contributed by atoms with Crippen molar-refractivity contribution in [2.24, 2.45) is 0 Å². The van der Waals surface area contributed by atoms with Gasteiger partial charge in [-0.05, 0) is 61.1 Å². The third-order valence-corrected chi connectivity index (χ3v) is 6.13. The van der Waals surface area contributed by atoms with E-state index in [1.807, 2.05) is 46.2 Å². The molecular weight excluding hydrogens is 444 g/mol. The largest absolute Gasteiger partial charge is 0.392 e. The lowest BCUT2D eigenvalue weighted by molar-refractivity contribution is -0.120. The van der Waals surface area contributed by atoms with Gasteiger partial charge in [0.2, 0.25) is 11.8 Å². The van der Waals surface area contributed by atoms with Crippen LogP contribution in [0.5, 0.6) is 0 Å². The van der Waals surface area contributed by atoms with Crippen molar-refractivity contribution in [1.29, 1.82) is 0 Å². The van der Waals surface area contributed by atoms with Gasteiger partial charge in [0.25, 0.3) is 0 Å². The smallest absolute Gasteiger partial charge is 0.226 e. The molecule has 1 N–H and O–H groups in total. The predicted octanol–water partition coefficient (Wildman–Crippen LogP) is 4.79. The normalized spacial score (nSPS) is 16.9. The summed E-state index contributed by atoms with van der Waals surface area (Å²) in [5.74, 6) is 0.464. The number of carbonyl (C=O) groups excluding carboxylic acids is 2. The molecule has 2 saturated heterocycles. The minimum atomic E-state index is 0.0498. The van der Waals surface area contributed by atoms with E-state index in [1.54, 1.807) is 0 Å². The van der Waals surface area contributed by atoms with Gasteiger partial charge in [0.15, 0.2) is 0 Å². The van der Waals surface area contributed by atoms with E-state index in [2.05, 4.69) is 28.1 Å². The third kappa shape index (κ3) is 5.92. The Morgan fingerprint density at radius 1 is 0.700 bits per heavy atom. The van der Waals surface area contributed by atoms with E-state index < -0.39 is 0 Å². The molecule has 160 valence electrons. The first-order valence-corrected chi connectivity index (χ1v) is 11.7. The molecule has 0 unspecified atom stereocenters. The van der Waals surface area contributed by atoms with E-state index in [0.29, 0.717) is 12.8 Å². The van der Waals surface area contributed by atoms with Crippen LogP contribution in [0, 0.1) is 0 Å². The lowest BCUT2D eigenvalue weighted by Gasteiger charge is -2.26. The number of aliphatic hydroxyl groups excluding tert-OH is 1. The Kier molecular flexibility index (Phi) is 8.46. The maximum absolute atomic E-state index is 11.7. The molecule has 0 bridgehead atoms. The van der Waals surface area contributed by atoms with Crippen molar-refractivity contribution >= 4 is 39.1 Å². The van der Waals surface area contributed by atoms with Gasteiger partial charge in [-0.3, -0.25) is 9.59 Å². The fraction of sp³-hybridized carbons (Fsp3) is 0.417. The van der Waals surface area contributed by atoms with Gasteiger partial charge in [0.1, 0.15) is 0 Å². The van der Waals surface area contributed by atoms with Crippen LogP contribution in [0.1, 0.15) is 49.7 Å². The molecule has 5 nitrogen and oxygen atoms in total. The second-order valence-corrected chi connectivity index (χ2v) is 8.19. The van der Waals surface area contributed by atoms with Gasteiger partial charge in [-0.2, -0.15) is 0 Å². The first kappa shape index (κ1) is 22.5. The van der Waals surface area contributed by atoms with Crippen LogP contribution in [-0.4, -0.2) is 30.0 Å². The molecule has 0 atom stereocenters. The summed E-state index contributed by atoms with van der Waals surface area (Å²) in [4.78, 5) is 27.0. The second-order valence-electron chi connectivity index (χ2n) is 7.63. The van der Waals surface area contributed by atoms with Crippen LogP contribution in [0.4, 0.5) is 11.4 Å². The van der Waals surface area contributed by atoms with Gasteiger partial charge in [0, 0.05) is 42.6 Å². The van der Waals surface area contributed by atoms with E-state index in [1.165, 1.54) is 5.56 Å². The van der Waals surface area contributed by atoms with Crippen LogP contribution < -0.4 is 9.80 Å². The van der Waals surface area contributed by atoms with Crippen molar-refractivity contribution in [3.63, 3.8) is 0 Å². The molecule has 0 spiro atoms. The van der Waals surface area contributed by atoms with Crippen LogP contribution >= 0.6 is 15.9 Å². The Bertz CT molecular complexity index is 765. The molecule has 0 aliphatic carbocycles. The lowest BCUT2D eigenvalue weighted by Crippen LogP contribution is -2.35. The molecule has 2 aliphatic heterocycles. The number of hydrogen-bond donors (Lipinski definition) is 1. The number of aliphatic hydroxyl groups is 1. The molecule has 4 rings (SSSR count). The SMILES string of the molecule is O=C1CCCCN1c1ccc(CBr)cc1.O=C1CCCCN1c1ccc(CO)cc1. The highest BCUT2D eigenvalue weighted by molar-refractivity contribution is 9.08. The van der Waals surface area contributed by atoms with Crippen molar-refractivity contribution in [3.8, 4) is 0 Å². The van der Waals surface area contributed by atoms with Crippen molar-refractivity contribution in [2.75, 3.05) is 22.9 Å². The van der Waals surface area contributed by atoms with Gasteiger partial charge in [-0.25, -0.2) is 0 Å². The standard InChI is InChI=1S/C12H14BrNO.C12H15NO2/c13-9-10-4-6-11(7-5-10)14-8-2-1-3-12(14)15;14-9-10-4-6-11(7-5-10)13-8-2-1-3-12(13)15/h4-7H,1-3,8-9H2;4-7,14H,1-3,8-9H2. The summed E-state index contributed by atoms with van der Waals surface area (Å²) in [6.45, 7) is 1.73. The summed E-state index contributed by atoms with van der Waals surface area (Å²) in [5.41, 5.74) is 4.09. The van der Waals surface area contributed by atoms with E-state index in [-0.39, 0.29) is 18.4 Å². The maximum atomic E-state index is 11.7. The van der Waals surface area contributed by atoms with Crippen LogP contribution in [0.2, 0.25) is 0 Å². The molecule has 0 saturated carbocycles. The summed E-state index contributed by atoms with van der Waals surface area (Å²) in [6.07, 6.45) is 5.58. The summed E-state index contributed by atoms with van der Waals surface area (Å²) < 4.78 is 0. The highest BCUT2D eigenvalue weighted by Gasteiger charge is 2.20. The molecular formula is C24H29BrN2O3. The zero-order valence-corrected chi connectivity index (χ0v) is 18.8. The average molecular weight is 473 g/mol. The number of halogens is 1. The number of carbonyl (C=O) groups is 2. The first-order valence-electron chi connectivity index (χ1n) is 10.6. The zero-order valence-electron chi connectivity index (χ0n) is 17.2. The van der Waals surface area contributed by atoms with E-state index in [9.17, 15) is 9.59 Å². The molecule has 0 aromatic heterocycles.